The summed E-state index contributed by atoms with van der Waals surface area (Å²) in [4.78, 5) is 15.4. The maximum atomic E-state index is 5.18. The molecule has 0 aliphatic rings. The van der Waals surface area contributed by atoms with Crippen molar-refractivity contribution in [3.8, 4) is 45.5 Å². The van der Waals surface area contributed by atoms with Crippen LogP contribution in [0.3, 0.4) is 0 Å². The van der Waals surface area contributed by atoms with Crippen LogP contribution in [0, 0.1) is 0 Å². The van der Waals surface area contributed by atoms with Gasteiger partial charge in [0.2, 0.25) is 0 Å². The van der Waals surface area contributed by atoms with E-state index in [9.17, 15) is 0 Å². The van der Waals surface area contributed by atoms with Gasteiger partial charge in [-0.05, 0) is 60.7 Å². The Balaban J connectivity index is 1.13. The third kappa shape index (κ3) is 4.98. The van der Waals surface area contributed by atoms with E-state index in [0.717, 1.165) is 44.5 Å². The van der Waals surface area contributed by atoms with E-state index in [0.29, 0.717) is 17.5 Å². The molecule has 12 aromatic rings. The average Bonchev–Trinajstić information content (AvgIpc) is 3.93. The zero-order valence-electron chi connectivity index (χ0n) is 30.5. The SMILES string of the molecule is c1ccc(-c2nc(-c3ccccc3)nc(-c3cccc4c5cc6c(cc5n(-c5ccccc5)c34)sc3ccc(-n4c5ccccc5c5ccccc54)cc36)n2)cc1. The van der Waals surface area contributed by atoms with E-state index in [1.54, 1.807) is 0 Å². The third-order valence-electron chi connectivity index (χ3n) is 11.2. The number of aromatic nitrogens is 5. The Morgan fingerprint density at radius 3 is 1.56 bits per heavy atom. The minimum atomic E-state index is 0.636. The Hall–Kier alpha value is -7.41. The molecule has 0 bridgehead atoms. The first-order valence-electron chi connectivity index (χ1n) is 19.1. The fourth-order valence-electron chi connectivity index (χ4n) is 8.62. The van der Waals surface area contributed by atoms with Crippen molar-refractivity contribution in [3.05, 3.63) is 188 Å². The highest BCUT2D eigenvalue weighted by Crippen LogP contribution is 2.44. The highest BCUT2D eigenvalue weighted by Gasteiger charge is 2.22. The highest BCUT2D eigenvalue weighted by molar-refractivity contribution is 7.25. The molecule has 0 unspecified atom stereocenters. The zero-order valence-corrected chi connectivity index (χ0v) is 31.4. The number of benzene rings is 8. The van der Waals surface area contributed by atoms with Crippen LogP contribution in [0.2, 0.25) is 0 Å². The summed E-state index contributed by atoms with van der Waals surface area (Å²) in [5.41, 5.74) is 9.72. The summed E-state index contributed by atoms with van der Waals surface area (Å²) in [6.45, 7) is 0. The van der Waals surface area contributed by atoms with Crippen LogP contribution in [0.15, 0.2) is 188 Å². The van der Waals surface area contributed by atoms with Gasteiger partial charge in [0.1, 0.15) is 0 Å². The molecule has 6 heteroatoms. The highest BCUT2D eigenvalue weighted by atomic mass is 32.1. The van der Waals surface area contributed by atoms with E-state index in [4.69, 9.17) is 15.0 Å². The molecular formula is C51H31N5S. The van der Waals surface area contributed by atoms with Gasteiger partial charge in [-0.1, -0.05) is 127 Å². The van der Waals surface area contributed by atoms with E-state index in [2.05, 4.69) is 161 Å². The molecule has 5 nitrogen and oxygen atoms in total. The van der Waals surface area contributed by atoms with Crippen LogP contribution in [0.25, 0.3) is 109 Å². The Morgan fingerprint density at radius 2 is 0.895 bits per heavy atom. The maximum absolute atomic E-state index is 5.18. The molecule has 0 saturated carbocycles. The quantitative estimate of drug-likeness (QED) is 0.176. The lowest BCUT2D eigenvalue weighted by Gasteiger charge is -2.12. The summed E-state index contributed by atoms with van der Waals surface area (Å²) in [6, 6.07) is 66.6. The fraction of sp³-hybridized carbons (Fsp3) is 0. The Labute approximate surface area is 331 Å². The van der Waals surface area contributed by atoms with E-state index in [-0.39, 0.29) is 0 Å². The van der Waals surface area contributed by atoms with Gasteiger partial charge in [0.05, 0.1) is 22.1 Å². The summed E-state index contributed by atoms with van der Waals surface area (Å²) in [5.74, 6) is 1.92. The van der Waals surface area contributed by atoms with Crippen molar-refractivity contribution in [1.29, 1.82) is 0 Å². The number of hydrogen-bond acceptors (Lipinski definition) is 4. The summed E-state index contributed by atoms with van der Waals surface area (Å²) in [5, 5.41) is 7.37. The molecule has 4 aromatic heterocycles. The molecule has 0 saturated heterocycles. The van der Waals surface area contributed by atoms with Crippen molar-refractivity contribution in [2.24, 2.45) is 0 Å². The molecule has 57 heavy (non-hydrogen) atoms. The molecule has 0 amide bonds. The molecule has 0 spiro atoms. The first-order valence-corrected chi connectivity index (χ1v) is 19.9. The molecule has 8 aromatic carbocycles. The van der Waals surface area contributed by atoms with Crippen LogP contribution >= 0.6 is 11.3 Å². The second kappa shape index (κ2) is 12.6. The predicted octanol–water partition coefficient (Wildman–Crippen LogP) is 13.4. The molecule has 0 aliphatic heterocycles. The van der Waals surface area contributed by atoms with Crippen LogP contribution in [-0.4, -0.2) is 24.1 Å². The minimum Gasteiger partial charge on any atom is -0.309 e. The van der Waals surface area contributed by atoms with Gasteiger partial charge in [0.25, 0.3) is 0 Å². The van der Waals surface area contributed by atoms with Gasteiger partial charge in [0.15, 0.2) is 17.5 Å². The van der Waals surface area contributed by atoms with Gasteiger partial charge in [-0.2, -0.15) is 0 Å². The minimum absolute atomic E-state index is 0.636. The van der Waals surface area contributed by atoms with E-state index in [1.165, 1.54) is 47.4 Å². The summed E-state index contributed by atoms with van der Waals surface area (Å²) >= 11 is 1.85. The number of para-hydroxylation sites is 4. The largest absolute Gasteiger partial charge is 0.309 e. The molecular weight excluding hydrogens is 715 g/mol. The average molecular weight is 746 g/mol. The van der Waals surface area contributed by atoms with Crippen LogP contribution in [0.4, 0.5) is 0 Å². The molecule has 266 valence electrons. The van der Waals surface area contributed by atoms with Gasteiger partial charge in [-0.25, -0.2) is 15.0 Å². The van der Waals surface area contributed by atoms with Gasteiger partial charge < -0.3 is 9.13 Å². The first-order chi connectivity index (χ1) is 28.3. The van der Waals surface area contributed by atoms with Gasteiger partial charge >= 0.3 is 0 Å². The summed E-state index contributed by atoms with van der Waals surface area (Å²) < 4.78 is 7.31. The van der Waals surface area contributed by atoms with Crippen molar-refractivity contribution >= 4 is 75.1 Å². The molecule has 0 radical (unpaired) electrons. The smallest absolute Gasteiger partial charge is 0.166 e. The first kappa shape index (κ1) is 31.9. The van der Waals surface area contributed by atoms with E-state index >= 15 is 0 Å². The van der Waals surface area contributed by atoms with Gasteiger partial charge in [0, 0.05) is 69.8 Å². The molecule has 0 fully saturated rings. The standard InChI is InChI=1S/C51H31N5S/c1-4-15-32(16-5-1)49-52-50(33-17-6-2-7-18-33)54-51(53-49)39-24-14-23-38-40-30-42-41-29-35(55-43-25-12-10-21-36(43)37-22-11-13-26-44(37)55)27-28-46(41)57-47(42)31-45(40)56(48(38)39)34-19-8-3-9-20-34/h1-31H. The number of fused-ring (bicyclic) bond motifs is 9. The molecule has 12 rings (SSSR count). The number of hydrogen-bond donors (Lipinski definition) is 0. The van der Waals surface area contributed by atoms with Crippen LogP contribution in [-0.2, 0) is 0 Å². The summed E-state index contributed by atoms with van der Waals surface area (Å²) in [6.07, 6.45) is 0. The Morgan fingerprint density at radius 1 is 0.333 bits per heavy atom. The molecule has 4 heterocycles. The normalized spacial score (nSPS) is 11.9. The monoisotopic (exact) mass is 745 g/mol. The molecule has 0 atom stereocenters. The predicted molar refractivity (Wildman–Crippen MR) is 238 cm³/mol. The lowest BCUT2D eigenvalue weighted by atomic mass is 10.1. The second-order valence-corrected chi connectivity index (χ2v) is 15.5. The molecule has 0 N–H and O–H groups in total. The number of thiophene rings is 1. The van der Waals surface area contributed by atoms with Crippen molar-refractivity contribution in [1.82, 2.24) is 24.1 Å². The Bertz CT molecular complexity index is 3400. The van der Waals surface area contributed by atoms with Crippen molar-refractivity contribution in [2.75, 3.05) is 0 Å². The van der Waals surface area contributed by atoms with Crippen molar-refractivity contribution in [3.63, 3.8) is 0 Å². The lowest BCUT2D eigenvalue weighted by molar-refractivity contribution is 1.07. The van der Waals surface area contributed by atoms with Crippen LogP contribution in [0.1, 0.15) is 0 Å². The fourth-order valence-corrected chi connectivity index (χ4v) is 9.72. The van der Waals surface area contributed by atoms with Crippen LogP contribution in [0.5, 0.6) is 0 Å². The maximum Gasteiger partial charge on any atom is 0.166 e. The van der Waals surface area contributed by atoms with Gasteiger partial charge in [-0.15, -0.1) is 11.3 Å². The van der Waals surface area contributed by atoms with E-state index in [1.807, 2.05) is 47.7 Å². The van der Waals surface area contributed by atoms with Gasteiger partial charge in [-0.3, -0.25) is 0 Å². The second-order valence-electron chi connectivity index (χ2n) is 14.4. The van der Waals surface area contributed by atoms with Crippen molar-refractivity contribution in [2.45, 2.75) is 0 Å². The van der Waals surface area contributed by atoms with E-state index < -0.39 is 0 Å². The number of rotatable bonds is 5. The zero-order chi connectivity index (χ0) is 37.5. The summed E-state index contributed by atoms with van der Waals surface area (Å²) in [7, 11) is 0. The van der Waals surface area contributed by atoms with Crippen molar-refractivity contribution < 1.29 is 0 Å². The lowest BCUT2D eigenvalue weighted by Crippen LogP contribution is -2.02. The molecule has 0 aliphatic carbocycles. The Kier molecular flexibility index (Phi) is 7.03. The third-order valence-corrected chi connectivity index (χ3v) is 12.3. The van der Waals surface area contributed by atoms with Crippen LogP contribution < -0.4 is 0 Å². The number of nitrogens with zero attached hydrogens (tertiary/aromatic N) is 5. The topological polar surface area (TPSA) is 48.5 Å².